The molecule has 1 aromatic rings. The van der Waals surface area contributed by atoms with Crippen molar-refractivity contribution >= 4 is 17.7 Å². The van der Waals surface area contributed by atoms with E-state index in [0.717, 1.165) is 10.5 Å². The smallest absolute Gasteiger partial charge is 0.388 e. The van der Waals surface area contributed by atoms with E-state index in [9.17, 15) is 23.1 Å². The Balaban J connectivity index is 1.83. The van der Waals surface area contributed by atoms with Gasteiger partial charge in [-0.25, -0.2) is 0 Å². The molecular formula is C14H16F3NO2S. The summed E-state index contributed by atoms with van der Waals surface area (Å²) in [5.74, 6) is -0.196. The third-order valence-corrected chi connectivity index (χ3v) is 4.61. The first kappa shape index (κ1) is 16.2. The largest absolute Gasteiger partial charge is 0.406 e. The highest BCUT2D eigenvalue weighted by Crippen LogP contribution is 2.29. The number of amides is 1. The van der Waals surface area contributed by atoms with E-state index in [1.54, 1.807) is 24.3 Å². The first-order chi connectivity index (χ1) is 9.87. The Kier molecular flexibility index (Phi) is 5.16. The Morgan fingerprint density at radius 3 is 2.62 bits per heavy atom. The number of likely N-dealkylation sites (tertiary alicyclic amines) is 1. The molecule has 1 aliphatic heterocycles. The van der Waals surface area contributed by atoms with Crippen LogP contribution in [0, 0.1) is 0 Å². The van der Waals surface area contributed by atoms with Gasteiger partial charge >= 0.3 is 6.18 Å². The van der Waals surface area contributed by atoms with Crippen LogP contribution in [0.15, 0.2) is 30.3 Å². The van der Waals surface area contributed by atoms with Gasteiger partial charge in [0.1, 0.15) is 6.54 Å². The fourth-order valence-corrected chi connectivity index (χ4v) is 3.39. The van der Waals surface area contributed by atoms with Gasteiger partial charge in [-0.05, 0) is 12.0 Å². The van der Waals surface area contributed by atoms with Gasteiger partial charge in [0, 0.05) is 12.3 Å². The fourth-order valence-electron chi connectivity index (χ4n) is 2.22. The minimum absolute atomic E-state index is 0.122. The zero-order valence-corrected chi connectivity index (χ0v) is 12.0. The summed E-state index contributed by atoms with van der Waals surface area (Å²) in [7, 11) is 0. The number of nitrogens with zero attached hydrogens (tertiary/aromatic N) is 1. The number of hydrogen-bond donors (Lipinski definition) is 1. The zero-order valence-electron chi connectivity index (χ0n) is 11.2. The highest BCUT2D eigenvalue weighted by Gasteiger charge is 2.39. The molecule has 1 aliphatic rings. The third kappa shape index (κ3) is 4.64. The van der Waals surface area contributed by atoms with Gasteiger partial charge in [-0.3, -0.25) is 4.79 Å². The first-order valence-corrected chi connectivity index (χ1v) is 7.62. The van der Waals surface area contributed by atoms with Gasteiger partial charge < -0.3 is 10.0 Å². The van der Waals surface area contributed by atoms with Crippen LogP contribution in [-0.2, 0) is 4.79 Å². The number of benzene rings is 1. The number of rotatable bonds is 5. The van der Waals surface area contributed by atoms with E-state index < -0.39 is 30.0 Å². The van der Waals surface area contributed by atoms with Gasteiger partial charge in [-0.1, -0.05) is 30.3 Å². The lowest BCUT2D eigenvalue weighted by atomic mass is 10.1. The second kappa shape index (κ2) is 6.70. The van der Waals surface area contributed by atoms with Crippen molar-refractivity contribution in [3.63, 3.8) is 0 Å². The lowest BCUT2D eigenvalue weighted by Crippen LogP contribution is -2.36. The second-order valence-electron chi connectivity index (χ2n) is 4.91. The van der Waals surface area contributed by atoms with Crippen LogP contribution in [0.2, 0.25) is 0 Å². The summed E-state index contributed by atoms with van der Waals surface area (Å²) in [6.45, 7) is -1.07. The normalized spacial score (nSPS) is 20.9. The van der Waals surface area contributed by atoms with Crippen LogP contribution >= 0.6 is 11.8 Å². The Labute approximate surface area is 125 Å². The van der Waals surface area contributed by atoms with Crippen molar-refractivity contribution in [1.29, 1.82) is 0 Å². The summed E-state index contributed by atoms with van der Waals surface area (Å²) >= 11 is 1.22. The summed E-state index contributed by atoms with van der Waals surface area (Å²) < 4.78 is 36.9. The minimum Gasteiger partial charge on any atom is -0.388 e. The zero-order chi connectivity index (χ0) is 15.5. The molecule has 2 atom stereocenters. The van der Waals surface area contributed by atoms with E-state index in [1.165, 1.54) is 11.8 Å². The molecule has 0 aromatic heterocycles. The van der Waals surface area contributed by atoms with Crippen LogP contribution < -0.4 is 0 Å². The molecule has 3 nitrogen and oxygen atoms in total. The van der Waals surface area contributed by atoms with Gasteiger partial charge in [-0.15, -0.1) is 11.8 Å². The van der Waals surface area contributed by atoms with Crippen LogP contribution in [0.5, 0.6) is 0 Å². The van der Waals surface area contributed by atoms with Crippen molar-refractivity contribution in [3.05, 3.63) is 35.9 Å². The first-order valence-electron chi connectivity index (χ1n) is 6.57. The molecule has 7 heteroatoms. The second-order valence-corrected chi connectivity index (χ2v) is 6.15. The number of halogens is 3. The maximum atomic E-state index is 12.3. The maximum absolute atomic E-state index is 12.3. The Morgan fingerprint density at radius 2 is 2.00 bits per heavy atom. The van der Waals surface area contributed by atoms with E-state index in [4.69, 9.17) is 0 Å². The highest BCUT2D eigenvalue weighted by molar-refractivity contribution is 8.00. The SMILES string of the molecule is O=C1[C@H](SC[C@@H](O)c2ccccc2)CCN1CC(F)(F)F. The third-order valence-electron chi connectivity index (χ3n) is 3.26. The Morgan fingerprint density at radius 1 is 1.33 bits per heavy atom. The molecule has 1 aromatic carbocycles. The molecule has 1 amide bonds. The van der Waals surface area contributed by atoms with E-state index in [2.05, 4.69) is 0 Å². The number of carbonyl (C=O) groups is 1. The lowest BCUT2D eigenvalue weighted by Gasteiger charge is -2.18. The number of hydrogen-bond acceptors (Lipinski definition) is 3. The lowest BCUT2D eigenvalue weighted by molar-refractivity contribution is -0.157. The average Bonchev–Trinajstić information content (AvgIpc) is 2.76. The molecule has 0 aliphatic carbocycles. The van der Waals surface area contributed by atoms with Crippen LogP contribution in [0.4, 0.5) is 13.2 Å². The molecule has 2 rings (SSSR count). The van der Waals surface area contributed by atoms with Crippen LogP contribution in [0.25, 0.3) is 0 Å². The summed E-state index contributed by atoms with van der Waals surface area (Å²) in [6.07, 6.45) is -4.69. The molecule has 116 valence electrons. The fraction of sp³-hybridized carbons (Fsp3) is 0.500. The topological polar surface area (TPSA) is 40.5 Å². The van der Waals surface area contributed by atoms with Crippen molar-refractivity contribution in [2.45, 2.75) is 24.0 Å². The van der Waals surface area contributed by atoms with Gasteiger partial charge in [0.25, 0.3) is 0 Å². The molecule has 21 heavy (non-hydrogen) atoms. The molecule has 1 saturated heterocycles. The molecule has 0 spiro atoms. The summed E-state index contributed by atoms with van der Waals surface area (Å²) in [6, 6.07) is 8.98. The Bertz CT molecular complexity index is 481. The summed E-state index contributed by atoms with van der Waals surface area (Å²) in [5, 5.41) is 9.50. The molecular weight excluding hydrogens is 303 g/mol. The quantitative estimate of drug-likeness (QED) is 0.907. The number of alkyl halides is 3. The van der Waals surface area contributed by atoms with Crippen molar-refractivity contribution < 1.29 is 23.1 Å². The van der Waals surface area contributed by atoms with E-state index in [0.29, 0.717) is 12.2 Å². The van der Waals surface area contributed by atoms with E-state index >= 15 is 0 Å². The van der Waals surface area contributed by atoms with Crippen molar-refractivity contribution in [1.82, 2.24) is 4.90 Å². The van der Waals surface area contributed by atoms with E-state index in [-0.39, 0.29) is 6.54 Å². The molecule has 0 bridgehead atoms. The van der Waals surface area contributed by atoms with Crippen molar-refractivity contribution in [2.24, 2.45) is 0 Å². The maximum Gasteiger partial charge on any atom is 0.406 e. The van der Waals surface area contributed by atoms with Crippen LogP contribution in [0.3, 0.4) is 0 Å². The molecule has 1 heterocycles. The molecule has 1 N–H and O–H groups in total. The highest BCUT2D eigenvalue weighted by atomic mass is 32.2. The summed E-state index contributed by atoms with van der Waals surface area (Å²) in [4.78, 5) is 12.7. The number of thioether (sulfide) groups is 1. The predicted molar refractivity (Wildman–Crippen MR) is 74.9 cm³/mol. The van der Waals surface area contributed by atoms with Gasteiger partial charge in [0.2, 0.25) is 5.91 Å². The molecule has 1 fully saturated rings. The van der Waals surface area contributed by atoms with Gasteiger partial charge in [0.05, 0.1) is 11.4 Å². The Hall–Kier alpha value is -1.21. The number of aliphatic hydroxyl groups excluding tert-OH is 1. The summed E-state index contributed by atoms with van der Waals surface area (Å²) in [5.41, 5.74) is 0.739. The van der Waals surface area contributed by atoms with Crippen LogP contribution in [-0.4, -0.2) is 46.2 Å². The van der Waals surface area contributed by atoms with Crippen molar-refractivity contribution in [2.75, 3.05) is 18.8 Å². The number of aliphatic hydroxyl groups is 1. The van der Waals surface area contributed by atoms with Gasteiger partial charge in [-0.2, -0.15) is 13.2 Å². The standard InChI is InChI=1S/C14H16F3NO2S/c15-14(16,17)9-18-7-6-12(13(18)20)21-8-11(19)10-4-2-1-3-5-10/h1-5,11-12,19H,6-9H2/t11-,12-/m1/s1. The molecule has 0 radical (unpaired) electrons. The van der Waals surface area contributed by atoms with Crippen LogP contribution in [0.1, 0.15) is 18.1 Å². The minimum atomic E-state index is -4.36. The van der Waals surface area contributed by atoms with Gasteiger partial charge in [0.15, 0.2) is 0 Å². The number of carbonyl (C=O) groups excluding carboxylic acids is 1. The molecule has 0 unspecified atom stereocenters. The molecule has 0 saturated carbocycles. The monoisotopic (exact) mass is 319 g/mol. The predicted octanol–water partition coefficient (Wildman–Crippen LogP) is 2.62. The van der Waals surface area contributed by atoms with Crippen molar-refractivity contribution in [3.8, 4) is 0 Å². The average molecular weight is 319 g/mol. The van der Waals surface area contributed by atoms with E-state index in [1.807, 2.05) is 6.07 Å².